The summed E-state index contributed by atoms with van der Waals surface area (Å²) in [5, 5.41) is 3.06. The van der Waals surface area contributed by atoms with E-state index in [9.17, 15) is 4.79 Å². The van der Waals surface area contributed by atoms with Gasteiger partial charge in [0, 0.05) is 24.5 Å². The Kier molecular flexibility index (Phi) is 5.78. The molecule has 2 aromatic rings. The Morgan fingerprint density at radius 1 is 1.04 bits per heavy atom. The Morgan fingerprint density at radius 3 is 2.37 bits per heavy atom. The zero-order valence-corrected chi connectivity index (χ0v) is 16.9. The van der Waals surface area contributed by atoms with Gasteiger partial charge in [-0.15, -0.1) is 0 Å². The molecule has 27 heavy (non-hydrogen) atoms. The number of aryl methyl sites for hydroxylation is 1. The van der Waals surface area contributed by atoms with Crippen molar-refractivity contribution in [3.8, 4) is 0 Å². The van der Waals surface area contributed by atoms with Gasteiger partial charge in [0.05, 0.1) is 0 Å². The second-order valence-corrected chi connectivity index (χ2v) is 8.35. The molecule has 1 aromatic heterocycles. The number of amides is 1. The monoisotopic (exact) mass is 366 g/mol. The molecule has 5 heteroatoms. The van der Waals surface area contributed by atoms with Gasteiger partial charge in [-0.2, -0.15) is 0 Å². The Bertz CT molecular complexity index is 802. The number of benzene rings is 1. The molecule has 1 aliphatic rings. The predicted octanol–water partition coefficient (Wildman–Crippen LogP) is 4.72. The van der Waals surface area contributed by atoms with Crippen LogP contribution in [0.3, 0.4) is 0 Å². The van der Waals surface area contributed by atoms with Crippen molar-refractivity contribution < 1.29 is 4.79 Å². The number of para-hydroxylation sites is 1. The summed E-state index contributed by atoms with van der Waals surface area (Å²) in [4.78, 5) is 24.3. The fourth-order valence-electron chi connectivity index (χ4n) is 3.51. The van der Waals surface area contributed by atoms with Crippen molar-refractivity contribution in [2.45, 2.75) is 58.8 Å². The molecule has 0 aliphatic carbocycles. The second kappa shape index (κ2) is 8.07. The summed E-state index contributed by atoms with van der Waals surface area (Å²) >= 11 is 0. The molecule has 1 amide bonds. The van der Waals surface area contributed by atoms with E-state index < -0.39 is 0 Å². The van der Waals surface area contributed by atoms with Gasteiger partial charge in [0.25, 0.3) is 5.91 Å². The largest absolute Gasteiger partial charge is 0.341 e. The molecule has 0 saturated carbocycles. The summed E-state index contributed by atoms with van der Waals surface area (Å²) in [6.45, 7) is 10.3. The molecule has 0 unspecified atom stereocenters. The van der Waals surface area contributed by atoms with Crippen LogP contribution in [0.4, 0.5) is 11.6 Å². The SMILES string of the molecule is Cc1cc(C(=O)Nc2ccccc2C(C)(C)C)nc(N2CCCCCC2)n1. The first-order valence-electron chi connectivity index (χ1n) is 9.86. The number of hydrogen-bond acceptors (Lipinski definition) is 4. The molecule has 1 fully saturated rings. The van der Waals surface area contributed by atoms with E-state index in [-0.39, 0.29) is 11.3 Å². The molecular weight excluding hydrogens is 336 g/mol. The van der Waals surface area contributed by atoms with Crippen LogP contribution in [0.1, 0.15) is 68.2 Å². The maximum absolute atomic E-state index is 12.9. The fourth-order valence-corrected chi connectivity index (χ4v) is 3.51. The van der Waals surface area contributed by atoms with Crippen molar-refractivity contribution in [3.05, 3.63) is 47.3 Å². The van der Waals surface area contributed by atoms with Crippen molar-refractivity contribution >= 4 is 17.5 Å². The lowest BCUT2D eigenvalue weighted by Crippen LogP contribution is -2.27. The van der Waals surface area contributed by atoms with Crippen LogP contribution in [0.25, 0.3) is 0 Å². The molecule has 144 valence electrons. The number of carbonyl (C=O) groups excluding carboxylic acids is 1. The van der Waals surface area contributed by atoms with Gasteiger partial charge in [0.2, 0.25) is 5.95 Å². The van der Waals surface area contributed by atoms with Gasteiger partial charge in [0.15, 0.2) is 0 Å². The van der Waals surface area contributed by atoms with E-state index in [4.69, 9.17) is 0 Å². The van der Waals surface area contributed by atoms with Gasteiger partial charge in [0.1, 0.15) is 5.69 Å². The average Bonchev–Trinajstić information content (AvgIpc) is 2.90. The van der Waals surface area contributed by atoms with Crippen molar-refractivity contribution in [1.29, 1.82) is 0 Å². The Hall–Kier alpha value is -2.43. The second-order valence-electron chi connectivity index (χ2n) is 8.35. The molecule has 0 atom stereocenters. The van der Waals surface area contributed by atoms with E-state index in [1.165, 1.54) is 12.8 Å². The Labute approximate surface area is 162 Å². The fraction of sp³-hybridized carbons (Fsp3) is 0.500. The first-order chi connectivity index (χ1) is 12.8. The Morgan fingerprint density at radius 2 is 1.70 bits per heavy atom. The van der Waals surface area contributed by atoms with Gasteiger partial charge in [-0.3, -0.25) is 4.79 Å². The minimum Gasteiger partial charge on any atom is -0.341 e. The van der Waals surface area contributed by atoms with Crippen LogP contribution in [-0.2, 0) is 5.41 Å². The molecule has 1 aromatic carbocycles. The average molecular weight is 367 g/mol. The van der Waals surface area contributed by atoms with Crippen LogP contribution in [-0.4, -0.2) is 29.0 Å². The van der Waals surface area contributed by atoms with Gasteiger partial charge in [-0.1, -0.05) is 51.8 Å². The zero-order valence-electron chi connectivity index (χ0n) is 16.9. The maximum atomic E-state index is 12.9. The van der Waals surface area contributed by atoms with E-state index >= 15 is 0 Å². The summed E-state index contributed by atoms with van der Waals surface area (Å²) in [6.07, 6.45) is 4.80. The molecule has 1 aliphatic heterocycles. The van der Waals surface area contributed by atoms with Crippen LogP contribution < -0.4 is 10.2 Å². The van der Waals surface area contributed by atoms with E-state index in [0.29, 0.717) is 11.6 Å². The third kappa shape index (κ3) is 4.85. The van der Waals surface area contributed by atoms with Crippen LogP contribution in [0.2, 0.25) is 0 Å². The van der Waals surface area contributed by atoms with Crippen molar-refractivity contribution in [2.24, 2.45) is 0 Å². The number of nitrogens with zero attached hydrogens (tertiary/aromatic N) is 3. The number of nitrogens with one attached hydrogen (secondary N) is 1. The minimum atomic E-state index is -0.187. The molecule has 0 bridgehead atoms. The first-order valence-corrected chi connectivity index (χ1v) is 9.86. The third-order valence-electron chi connectivity index (χ3n) is 4.95. The van der Waals surface area contributed by atoms with Crippen LogP contribution in [0, 0.1) is 6.92 Å². The van der Waals surface area contributed by atoms with Crippen molar-refractivity contribution in [3.63, 3.8) is 0 Å². The van der Waals surface area contributed by atoms with Gasteiger partial charge in [-0.05, 0) is 42.9 Å². The lowest BCUT2D eigenvalue weighted by atomic mass is 9.86. The number of carbonyl (C=O) groups is 1. The minimum absolute atomic E-state index is 0.0529. The lowest BCUT2D eigenvalue weighted by molar-refractivity contribution is 0.102. The highest BCUT2D eigenvalue weighted by Gasteiger charge is 2.21. The van der Waals surface area contributed by atoms with E-state index in [1.54, 1.807) is 6.07 Å². The standard InChI is InChI=1S/C22H30N4O/c1-16-15-19(25-21(23-16)26-13-9-5-6-10-14-26)20(27)24-18-12-8-7-11-17(18)22(2,3)4/h7-8,11-12,15H,5-6,9-10,13-14H2,1-4H3,(H,24,27). The zero-order chi connectivity index (χ0) is 19.4. The number of rotatable bonds is 3. The van der Waals surface area contributed by atoms with Crippen LogP contribution >= 0.6 is 0 Å². The highest BCUT2D eigenvalue weighted by atomic mass is 16.1. The van der Waals surface area contributed by atoms with Gasteiger partial charge < -0.3 is 10.2 Å². The molecule has 2 heterocycles. The van der Waals surface area contributed by atoms with Crippen molar-refractivity contribution in [1.82, 2.24) is 9.97 Å². The topological polar surface area (TPSA) is 58.1 Å². The first kappa shape index (κ1) is 19.3. The summed E-state index contributed by atoms with van der Waals surface area (Å²) in [5.41, 5.74) is 3.13. The molecule has 3 rings (SSSR count). The molecule has 0 spiro atoms. The normalized spacial score (nSPS) is 15.3. The number of anilines is 2. The van der Waals surface area contributed by atoms with Gasteiger partial charge >= 0.3 is 0 Å². The summed E-state index contributed by atoms with van der Waals surface area (Å²) < 4.78 is 0. The predicted molar refractivity (Wildman–Crippen MR) is 111 cm³/mol. The lowest BCUT2D eigenvalue weighted by Gasteiger charge is -2.23. The van der Waals surface area contributed by atoms with E-state index in [0.717, 1.165) is 42.9 Å². The number of hydrogen-bond donors (Lipinski definition) is 1. The highest BCUT2D eigenvalue weighted by Crippen LogP contribution is 2.29. The molecule has 1 saturated heterocycles. The smallest absolute Gasteiger partial charge is 0.274 e. The summed E-state index contributed by atoms with van der Waals surface area (Å²) in [6, 6.07) is 9.71. The number of aromatic nitrogens is 2. The van der Waals surface area contributed by atoms with Crippen molar-refractivity contribution in [2.75, 3.05) is 23.3 Å². The summed E-state index contributed by atoms with van der Waals surface area (Å²) in [7, 11) is 0. The van der Waals surface area contributed by atoms with E-state index in [2.05, 4.69) is 47.0 Å². The molecule has 1 N–H and O–H groups in total. The third-order valence-corrected chi connectivity index (χ3v) is 4.95. The molecule has 5 nitrogen and oxygen atoms in total. The van der Waals surface area contributed by atoms with E-state index in [1.807, 2.05) is 25.1 Å². The van der Waals surface area contributed by atoms with Crippen LogP contribution in [0.5, 0.6) is 0 Å². The molecular formula is C22H30N4O. The quantitative estimate of drug-likeness (QED) is 0.854. The maximum Gasteiger partial charge on any atom is 0.274 e. The highest BCUT2D eigenvalue weighted by molar-refractivity contribution is 6.03. The van der Waals surface area contributed by atoms with Gasteiger partial charge in [-0.25, -0.2) is 9.97 Å². The Balaban J connectivity index is 1.85. The summed E-state index contributed by atoms with van der Waals surface area (Å²) in [5.74, 6) is 0.486. The molecule has 0 radical (unpaired) electrons. The van der Waals surface area contributed by atoms with Crippen LogP contribution in [0.15, 0.2) is 30.3 Å².